The van der Waals surface area contributed by atoms with Crippen molar-refractivity contribution in [1.29, 1.82) is 0 Å². The summed E-state index contributed by atoms with van der Waals surface area (Å²) in [6.45, 7) is 6.60. The van der Waals surface area contributed by atoms with Gasteiger partial charge in [-0.3, -0.25) is 9.69 Å². The summed E-state index contributed by atoms with van der Waals surface area (Å²) in [5.41, 5.74) is 6.08. The Hall–Kier alpha value is -0.440. The van der Waals surface area contributed by atoms with E-state index in [0.717, 1.165) is 44.2 Å². The van der Waals surface area contributed by atoms with E-state index in [2.05, 4.69) is 16.8 Å². The maximum Gasteiger partial charge on any atom is 0.273 e. The van der Waals surface area contributed by atoms with Gasteiger partial charge in [0.15, 0.2) is 0 Å². The second-order valence-electron chi connectivity index (χ2n) is 5.17. The first-order valence-electron chi connectivity index (χ1n) is 7.36. The number of methoxy groups -OCH3 is 1. The monoisotopic (exact) mass is 384 g/mol. The molecule has 6 nitrogen and oxygen atoms in total. The number of halogens is 2. The van der Waals surface area contributed by atoms with Crippen molar-refractivity contribution in [3.8, 4) is 0 Å². The second-order valence-corrected chi connectivity index (χ2v) is 6.12. The van der Waals surface area contributed by atoms with Crippen molar-refractivity contribution in [1.82, 2.24) is 14.8 Å². The van der Waals surface area contributed by atoms with Gasteiger partial charge in [0.05, 0.1) is 6.61 Å². The number of nitrogens with two attached hydrogens (primary N) is 1. The van der Waals surface area contributed by atoms with Crippen LogP contribution >= 0.6 is 36.2 Å². The van der Waals surface area contributed by atoms with Gasteiger partial charge in [0.2, 0.25) is 0 Å². The lowest BCUT2D eigenvalue weighted by Crippen LogP contribution is -2.55. The lowest BCUT2D eigenvalue weighted by molar-refractivity contribution is 0.0381. The van der Waals surface area contributed by atoms with Crippen molar-refractivity contribution in [2.75, 3.05) is 39.9 Å². The van der Waals surface area contributed by atoms with Crippen LogP contribution in [-0.4, -0.2) is 66.6 Å². The third-order valence-corrected chi connectivity index (χ3v) is 4.76. The number of carbonyl (C=O) groups is 1. The number of rotatable bonds is 6. The highest BCUT2D eigenvalue weighted by Gasteiger charge is 2.29. The van der Waals surface area contributed by atoms with Crippen LogP contribution in [0.15, 0.2) is 5.38 Å². The Kier molecular flexibility index (Phi) is 11.0. The van der Waals surface area contributed by atoms with Gasteiger partial charge in [-0.25, -0.2) is 4.98 Å². The molecule has 0 aliphatic carbocycles. The highest BCUT2D eigenvalue weighted by atomic mass is 35.5. The van der Waals surface area contributed by atoms with Crippen LogP contribution in [-0.2, 0) is 11.3 Å². The highest BCUT2D eigenvalue weighted by Crippen LogP contribution is 2.17. The fraction of sp³-hybridized carbons (Fsp3) is 0.714. The number of hydrogen-bond acceptors (Lipinski definition) is 6. The summed E-state index contributed by atoms with van der Waals surface area (Å²) in [6, 6.07) is 0.394. The molecule has 1 unspecified atom stereocenters. The molecule has 1 saturated heterocycles. The summed E-state index contributed by atoms with van der Waals surface area (Å²) in [4.78, 5) is 21.1. The normalized spacial score (nSPS) is 18.2. The molecule has 0 radical (unpaired) electrons. The first-order valence-corrected chi connectivity index (χ1v) is 8.24. The Labute approximate surface area is 154 Å². The topological polar surface area (TPSA) is 71.7 Å². The fourth-order valence-electron chi connectivity index (χ4n) is 2.63. The average molecular weight is 385 g/mol. The van der Waals surface area contributed by atoms with Gasteiger partial charge >= 0.3 is 0 Å². The van der Waals surface area contributed by atoms with Crippen molar-refractivity contribution in [2.45, 2.75) is 25.9 Å². The third kappa shape index (κ3) is 5.85. The Morgan fingerprint density at radius 1 is 1.48 bits per heavy atom. The molecular weight excluding hydrogens is 359 g/mol. The van der Waals surface area contributed by atoms with Crippen molar-refractivity contribution < 1.29 is 9.53 Å². The Balaban J connectivity index is 0.00000242. The predicted molar refractivity (Wildman–Crippen MR) is 97.9 cm³/mol. The van der Waals surface area contributed by atoms with Crippen molar-refractivity contribution in [3.05, 3.63) is 16.1 Å². The molecule has 0 spiro atoms. The van der Waals surface area contributed by atoms with Gasteiger partial charge in [0, 0.05) is 51.3 Å². The number of amides is 1. The number of nitrogens with zero attached hydrogens (tertiary/aromatic N) is 3. The van der Waals surface area contributed by atoms with Gasteiger partial charge in [-0.15, -0.1) is 36.2 Å². The Morgan fingerprint density at radius 2 is 2.22 bits per heavy atom. The molecule has 1 fully saturated rings. The SMILES string of the molecule is CCC1CN(C(=O)c2csc(CN)n2)CCN1CCOC.Cl.Cl. The van der Waals surface area contributed by atoms with Gasteiger partial charge in [-0.05, 0) is 6.42 Å². The lowest BCUT2D eigenvalue weighted by atomic mass is 10.1. The van der Waals surface area contributed by atoms with Gasteiger partial charge < -0.3 is 15.4 Å². The number of aromatic nitrogens is 1. The van der Waals surface area contributed by atoms with E-state index >= 15 is 0 Å². The Morgan fingerprint density at radius 3 is 2.78 bits per heavy atom. The van der Waals surface area contributed by atoms with Crippen LogP contribution in [0.1, 0.15) is 28.8 Å². The molecule has 134 valence electrons. The first-order chi connectivity index (χ1) is 10.2. The predicted octanol–water partition coefficient (Wildman–Crippen LogP) is 1.63. The van der Waals surface area contributed by atoms with Crippen LogP contribution in [0.5, 0.6) is 0 Å². The first kappa shape index (κ1) is 22.6. The standard InChI is InChI=1S/C14H24N4O2S.2ClH/c1-3-11-9-18(5-4-17(11)6-7-20-2)14(19)12-10-21-13(8-15)16-12;;/h10-11H,3-9,15H2,1-2H3;2*1H. The minimum Gasteiger partial charge on any atom is -0.383 e. The van der Waals surface area contributed by atoms with Gasteiger partial charge in [-0.1, -0.05) is 6.92 Å². The molecule has 9 heteroatoms. The molecule has 2 N–H and O–H groups in total. The summed E-state index contributed by atoms with van der Waals surface area (Å²) >= 11 is 1.45. The maximum absolute atomic E-state index is 12.5. The Bertz CT molecular complexity index is 475. The highest BCUT2D eigenvalue weighted by molar-refractivity contribution is 7.09. The molecule has 1 aliphatic rings. The smallest absolute Gasteiger partial charge is 0.273 e. The van der Waals surface area contributed by atoms with E-state index in [1.165, 1.54) is 11.3 Å². The third-order valence-electron chi connectivity index (χ3n) is 3.89. The molecule has 1 aliphatic heterocycles. The second kappa shape index (κ2) is 11.2. The van der Waals surface area contributed by atoms with Crippen LogP contribution in [0.2, 0.25) is 0 Å². The zero-order valence-electron chi connectivity index (χ0n) is 13.6. The molecule has 1 aromatic rings. The molecule has 1 amide bonds. The summed E-state index contributed by atoms with van der Waals surface area (Å²) in [5, 5.41) is 2.62. The molecule has 0 bridgehead atoms. The van der Waals surface area contributed by atoms with Crippen molar-refractivity contribution >= 4 is 42.1 Å². The minimum atomic E-state index is 0. The van der Waals surface area contributed by atoms with E-state index in [1.807, 2.05) is 10.3 Å². The zero-order valence-corrected chi connectivity index (χ0v) is 16.0. The summed E-state index contributed by atoms with van der Waals surface area (Å²) in [6.07, 6.45) is 1.03. The van der Waals surface area contributed by atoms with E-state index in [9.17, 15) is 4.79 Å². The molecule has 2 heterocycles. The molecule has 1 atom stereocenters. The lowest BCUT2D eigenvalue weighted by Gasteiger charge is -2.40. The average Bonchev–Trinajstić information content (AvgIpc) is 3.01. The summed E-state index contributed by atoms with van der Waals surface area (Å²) in [7, 11) is 1.72. The van der Waals surface area contributed by atoms with Crippen molar-refractivity contribution in [2.24, 2.45) is 5.73 Å². The van der Waals surface area contributed by atoms with Gasteiger partial charge in [0.25, 0.3) is 5.91 Å². The molecule has 0 saturated carbocycles. The fourth-order valence-corrected chi connectivity index (χ4v) is 3.28. The van der Waals surface area contributed by atoms with Crippen molar-refractivity contribution in [3.63, 3.8) is 0 Å². The summed E-state index contributed by atoms with van der Waals surface area (Å²) in [5.74, 6) is 0.0239. The quantitative estimate of drug-likeness (QED) is 0.806. The van der Waals surface area contributed by atoms with Crippen LogP contribution in [0.25, 0.3) is 0 Å². The number of thiazole rings is 1. The number of carbonyl (C=O) groups excluding carboxylic acids is 1. The van der Waals surface area contributed by atoms with Crippen LogP contribution in [0, 0.1) is 0 Å². The van der Waals surface area contributed by atoms with Gasteiger partial charge in [0.1, 0.15) is 10.7 Å². The van der Waals surface area contributed by atoms with E-state index < -0.39 is 0 Å². The van der Waals surface area contributed by atoms with E-state index in [4.69, 9.17) is 10.5 Å². The largest absolute Gasteiger partial charge is 0.383 e. The molecule has 23 heavy (non-hydrogen) atoms. The molecule has 0 aromatic carbocycles. The summed E-state index contributed by atoms with van der Waals surface area (Å²) < 4.78 is 5.15. The molecular formula is C14H26Cl2N4O2S. The minimum absolute atomic E-state index is 0. The van der Waals surface area contributed by atoms with E-state index in [-0.39, 0.29) is 30.7 Å². The van der Waals surface area contributed by atoms with Gasteiger partial charge in [-0.2, -0.15) is 0 Å². The van der Waals surface area contributed by atoms with Crippen LogP contribution < -0.4 is 5.73 Å². The molecule has 1 aromatic heterocycles. The maximum atomic E-state index is 12.5. The number of hydrogen-bond donors (Lipinski definition) is 1. The van der Waals surface area contributed by atoms with E-state index in [0.29, 0.717) is 18.3 Å². The number of ether oxygens (including phenoxy) is 1. The van der Waals surface area contributed by atoms with Crippen LogP contribution in [0.3, 0.4) is 0 Å². The number of piperazine rings is 1. The zero-order chi connectivity index (χ0) is 15.2. The van der Waals surface area contributed by atoms with Crippen LogP contribution in [0.4, 0.5) is 0 Å². The molecule has 2 rings (SSSR count). The van der Waals surface area contributed by atoms with E-state index in [1.54, 1.807) is 7.11 Å².